The first kappa shape index (κ1) is 8.63. The maximum absolute atomic E-state index is 9.91. The summed E-state index contributed by atoms with van der Waals surface area (Å²) in [5.41, 5.74) is 0. The standard InChI is InChI=1S/C7H13O2/c1-7(6-9)4-2-3-5-8/h7-8H,2-5H2,1H3. The molecule has 53 valence electrons. The van der Waals surface area contributed by atoms with Crippen LogP contribution in [0.5, 0.6) is 0 Å². The summed E-state index contributed by atoms with van der Waals surface area (Å²) in [6.07, 6.45) is 4.46. The lowest BCUT2D eigenvalue weighted by Crippen LogP contribution is -1.95. The van der Waals surface area contributed by atoms with Gasteiger partial charge >= 0.3 is 0 Å². The maximum atomic E-state index is 9.91. The van der Waals surface area contributed by atoms with Gasteiger partial charge in [-0.3, -0.25) is 4.79 Å². The Hall–Kier alpha value is -0.370. The monoisotopic (exact) mass is 129 g/mol. The van der Waals surface area contributed by atoms with Crippen LogP contribution in [-0.2, 0) is 4.79 Å². The van der Waals surface area contributed by atoms with E-state index in [1.54, 1.807) is 0 Å². The first-order valence-corrected chi connectivity index (χ1v) is 3.29. The molecule has 0 spiro atoms. The summed E-state index contributed by atoms with van der Waals surface area (Å²) in [4.78, 5) is 9.91. The molecule has 0 aliphatic carbocycles. The number of carbonyl (C=O) groups excluding carboxylic acids is 1. The molecular weight excluding hydrogens is 116 g/mol. The molecule has 1 atom stereocenters. The van der Waals surface area contributed by atoms with Crippen LogP contribution in [0, 0.1) is 5.92 Å². The molecular formula is C7H13O2. The minimum absolute atomic E-state index is 0.0385. The maximum Gasteiger partial charge on any atom is 0.201 e. The highest BCUT2D eigenvalue weighted by Gasteiger charge is 1.98. The Bertz CT molecular complexity index is 71.3. The predicted molar refractivity (Wildman–Crippen MR) is 35.8 cm³/mol. The van der Waals surface area contributed by atoms with Gasteiger partial charge in [0, 0.05) is 12.5 Å². The number of aliphatic hydroxyl groups excluding tert-OH is 1. The van der Waals surface area contributed by atoms with Crippen molar-refractivity contribution < 1.29 is 9.90 Å². The zero-order valence-electron chi connectivity index (χ0n) is 5.76. The van der Waals surface area contributed by atoms with Crippen molar-refractivity contribution in [2.24, 2.45) is 5.92 Å². The Labute approximate surface area is 55.9 Å². The summed E-state index contributed by atoms with van der Waals surface area (Å²) in [5.74, 6) is 0.0385. The van der Waals surface area contributed by atoms with Crippen molar-refractivity contribution in [2.45, 2.75) is 26.2 Å². The van der Waals surface area contributed by atoms with Gasteiger partial charge in [-0.1, -0.05) is 13.3 Å². The Balaban J connectivity index is 2.96. The van der Waals surface area contributed by atoms with E-state index >= 15 is 0 Å². The summed E-state index contributed by atoms with van der Waals surface area (Å²) in [7, 11) is 0. The van der Waals surface area contributed by atoms with Crippen LogP contribution in [0.15, 0.2) is 0 Å². The van der Waals surface area contributed by atoms with E-state index in [1.165, 1.54) is 0 Å². The van der Waals surface area contributed by atoms with Crippen molar-refractivity contribution in [3.8, 4) is 0 Å². The molecule has 0 aromatic carbocycles. The van der Waals surface area contributed by atoms with E-state index in [4.69, 9.17) is 5.11 Å². The van der Waals surface area contributed by atoms with E-state index in [9.17, 15) is 4.79 Å². The second-order valence-electron chi connectivity index (χ2n) is 2.24. The average molecular weight is 129 g/mol. The Kier molecular flexibility index (Phi) is 5.52. The number of aliphatic hydroxyl groups is 1. The van der Waals surface area contributed by atoms with Gasteiger partial charge in [0.25, 0.3) is 0 Å². The van der Waals surface area contributed by atoms with Crippen LogP contribution in [-0.4, -0.2) is 18.0 Å². The highest BCUT2D eigenvalue weighted by atomic mass is 16.2. The first-order valence-electron chi connectivity index (χ1n) is 3.29. The van der Waals surface area contributed by atoms with Gasteiger partial charge in [0.05, 0.1) is 0 Å². The van der Waals surface area contributed by atoms with Gasteiger partial charge in [-0.2, -0.15) is 0 Å². The second kappa shape index (κ2) is 5.76. The quantitative estimate of drug-likeness (QED) is 0.560. The third-order valence-electron chi connectivity index (χ3n) is 1.25. The molecule has 1 unspecified atom stereocenters. The molecule has 1 N–H and O–H groups in total. The largest absolute Gasteiger partial charge is 0.396 e. The van der Waals surface area contributed by atoms with Gasteiger partial charge in [-0.15, -0.1) is 0 Å². The summed E-state index contributed by atoms with van der Waals surface area (Å²) in [5, 5.41) is 8.35. The van der Waals surface area contributed by atoms with Gasteiger partial charge < -0.3 is 5.11 Å². The molecule has 2 heteroatoms. The van der Waals surface area contributed by atoms with E-state index < -0.39 is 0 Å². The summed E-state index contributed by atoms with van der Waals surface area (Å²) in [6, 6.07) is 0. The summed E-state index contributed by atoms with van der Waals surface area (Å²) < 4.78 is 0. The molecule has 0 rings (SSSR count). The number of unbranched alkanes of at least 4 members (excludes halogenated alkanes) is 1. The molecule has 0 heterocycles. The lowest BCUT2D eigenvalue weighted by Gasteiger charge is -1.98. The zero-order valence-corrected chi connectivity index (χ0v) is 5.76. The van der Waals surface area contributed by atoms with Gasteiger partial charge in [0.15, 0.2) is 0 Å². The Morgan fingerprint density at radius 2 is 2.22 bits per heavy atom. The summed E-state index contributed by atoms with van der Waals surface area (Å²) in [6.45, 7) is 2.07. The highest BCUT2D eigenvalue weighted by molar-refractivity contribution is 5.53. The smallest absolute Gasteiger partial charge is 0.201 e. The molecule has 0 aromatic rings. The van der Waals surface area contributed by atoms with Crippen LogP contribution in [0.25, 0.3) is 0 Å². The van der Waals surface area contributed by atoms with Crippen molar-refractivity contribution in [1.82, 2.24) is 0 Å². The molecule has 1 radical (unpaired) electrons. The molecule has 0 saturated heterocycles. The fraction of sp³-hybridized carbons (Fsp3) is 0.857. The minimum Gasteiger partial charge on any atom is -0.396 e. The van der Waals surface area contributed by atoms with Crippen LogP contribution >= 0.6 is 0 Å². The highest BCUT2D eigenvalue weighted by Crippen LogP contribution is 2.03. The number of hydrogen-bond donors (Lipinski definition) is 1. The second-order valence-corrected chi connectivity index (χ2v) is 2.24. The Morgan fingerprint density at radius 3 is 2.67 bits per heavy atom. The van der Waals surface area contributed by atoms with E-state index in [-0.39, 0.29) is 12.5 Å². The third-order valence-corrected chi connectivity index (χ3v) is 1.25. The van der Waals surface area contributed by atoms with Crippen molar-refractivity contribution >= 4 is 6.29 Å². The molecule has 0 fully saturated rings. The third kappa shape index (κ3) is 5.50. The number of hydrogen-bond acceptors (Lipinski definition) is 2. The van der Waals surface area contributed by atoms with E-state index in [2.05, 4.69) is 0 Å². The molecule has 0 bridgehead atoms. The lowest BCUT2D eigenvalue weighted by atomic mass is 10.1. The van der Waals surface area contributed by atoms with Gasteiger partial charge in [-0.25, -0.2) is 0 Å². The summed E-state index contributed by atoms with van der Waals surface area (Å²) >= 11 is 0. The fourth-order valence-electron chi connectivity index (χ4n) is 0.621. The van der Waals surface area contributed by atoms with E-state index in [1.807, 2.05) is 13.2 Å². The normalized spacial score (nSPS) is 13.1. The van der Waals surface area contributed by atoms with Gasteiger partial charge in [0.1, 0.15) is 0 Å². The molecule has 0 aliphatic rings. The zero-order chi connectivity index (χ0) is 7.11. The van der Waals surface area contributed by atoms with Crippen LogP contribution in [0.1, 0.15) is 26.2 Å². The van der Waals surface area contributed by atoms with Gasteiger partial charge in [-0.05, 0) is 12.8 Å². The van der Waals surface area contributed by atoms with Crippen LogP contribution in [0.2, 0.25) is 0 Å². The average Bonchev–Trinajstić information content (AvgIpc) is 1.89. The van der Waals surface area contributed by atoms with Crippen LogP contribution < -0.4 is 0 Å². The topological polar surface area (TPSA) is 37.3 Å². The van der Waals surface area contributed by atoms with E-state index in [0.29, 0.717) is 0 Å². The molecule has 0 amide bonds. The molecule has 0 saturated carbocycles. The number of rotatable bonds is 5. The predicted octanol–water partition coefficient (Wildman–Crippen LogP) is 0.895. The fourth-order valence-corrected chi connectivity index (χ4v) is 0.621. The van der Waals surface area contributed by atoms with Crippen LogP contribution in [0.3, 0.4) is 0 Å². The Morgan fingerprint density at radius 1 is 1.56 bits per heavy atom. The van der Waals surface area contributed by atoms with Crippen molar-refractivity contribution in [1.29, 1.82) is 0 Å². The molecule has 0 aromatic heterocycles. The van der Waals surface area contributed by atoms with Gasteiger partial charge in [0.2, 0.25) is 6.29 Å². The minimum atomic E-state index is 0.0385. The lowest BCUT2D eigenvalue weighted by molar-refractivity contribution is 0.281. The van der Waals surface area contributed by atoms with Crippen molar-refractivity contribution in [3.63, 3.8) is 0 Å². The van der Waals surface area contributed by atoms with Crippen molar-refractivity contribution in [3.05, 3.63) is 0 Å². The molecule has 9 heavy (non-hydrogen) atoms. The van der Waals surface area contributed by atoms with Crippen molar-refractivity contribution in [2.75, 3.05) is 6.61 Å². The molecule has 0 aliphatic heterocycles. The molecule has 2 nitrogen and oxygen atoms in total. The van der Waals surface area contributed by atoms with E-state index in [0.717, 1.165) is 19.3 Å². The van der Waals surface area contributed by atoms with Crippen LogP contribution in [0.4, 0.5) is 0 Å². The first-order chi connectivity index (χ1) is 4.31. The SMILES string of the molecule is CC([C]=O)CCCCO.